The number of carbonyl (C=O) groups is 2. The van der Waals surface area contributed by atoms with Gasteiger partial charge in [0.25, 0.3) is 11.8 Å². The number of carbonyl (C=O) groups excluding carboxylic acids is 2. The molecular formula is C35H38F3N9O3. The van der Waals surface area contributed by atoms with E-state index < -0.39 is 18.2 Å². The zero-order chi connectivity index (χ0) is 35.1. The second kappa shape index (κ2) is 11.9. The Morgan fingerprint density at radius 1 is 1.10 bits per heavy atom. The van der Waals surface area contributed by atoms with E-state index >= 15 is 0 Å². The standard InChI is InChI=1S/C35H38F3N9O3/c1-18(41-33(48)23-14-40-47(16-23)35(36,37)38)26-9-7-21-12-28(46(31(21)42-26)15-19-4-5-19)32-43-27-11-22(13-29(50-3)30(27)44(32)2)34(49)45-17-25(39)20-6-8-24(45)10-20/h7,9,11-14,16,18-20,24-25H,4-6,8,10,15,17,39H2,1-3H3,(H,41,48)/t18-,20-,24+,25+/m1/s1. The van der Waals surface area contributed by atoms with Crippen LogP contribution in [0.2, 0.25) is 0 Å². The van der Waals surface area contributed by atoms with Crippen molar-refractivity contribution in [2.45, 2.75) is 70.0 Å². The fraction of sp³-hybridized carbons (Fsp3) is 0.457. The second-order valence-corrected chi connectivity index (χ2v) is 14.0. The Kier molecular flexibility index (Phi) is 7.66. The molecule has 4 aromatic heterocycles. The predicted molar refractivity (Wildman–Crippen MR) is 178 cm³/mol. The van der Waals surface area contributed by atoms with Crippen LogP contribution in [-0.4, -0.2) is 71.3 Å². The average Bonchev–Trinajstić information content (AvgIpc) is 3.42. The first-order valence-corrected chi connectivity index (χ1v) is 16.9. The summed E-state index contributed by atoms with van der Waals surface area (Å²) in [5.41, 5.74) is 10.2. The van der Waals surface area contributed by atoms with Crippen molar-refractivity contribution < 1.29 is 27.5 Å². The number of alkyl halides is 3. The van der Waals surface area contributed by atoms with E-state index in [-0.39, 0.29) is 28.2 Å². The molecule has 2 amide bonds. The summed E-state index contributed by atoms with van der Waals surface area (Å²) in [5.74, 6) is 1.45. The molecule has 0 radical (unpaired) electrons. The Hall–Kier alpha value is -4.92. The number of nitrogens with two attached hydrogens (primary N) is 1. The number of hydrogen-bond acceptors (Lipinski definition) is 7. The van der Waals surface area contributed by atoms with Gasteiger partial charge in [-0.2, -0.15) is 9.78 Å². The van der Waals surface area contributed by atoms with Gasteiger partial charge < -0.3 is 29.8 Å². The molecule has 4 atom stereocenters. The number of likely N-dealkylation sites (tertiary alicyclic amines) is 1. The molecule has 2 bridgehead atoms. The minimum atomic E-state index is -4.72. The van der Waals surface area contributed by atoms with Crippen LogP contribution in [-0.2, 0) is 19.9 Å². The molecule has 0 spiro atoms. The van der Waals surface area contributed by atoms with Crippen molar-refractivity contribution in [2.75, 3.05) is 13.7 Å². The fourth-order valence-corrected chi connectivity index (χ4v) is 7.67. The van der Waals surface area contributed by atoms with Crippen LogP contribution in [0.3, 0.4) is 0 Å². The van der Waals surface area contributed by atoms with Crippen LogP contribution in [0, 0.1) is 11.8 Å². The zero-order valence-electron chi connectivity index (χ0n) is 27.9. The number of ether oxygens (including phenoxy) is 1. The van der Waals surface area contributed by atoms with E-state index in [2.05, 4.69) is 15.0 Å². The number of benzene rings is 1. The van der Waals surface area contributed by atoms with Gasteiger partial charge in [-0.05, 0) is 81.2 Å². The summed E-state index contributed by atoms with van der Waals surface area (Å²) in [7, 11) is 3.51. The Morgan fingerprint density at radius 3 is 2.62 bits per heavy atom. The second-order valence-electron chi connectivity index (χ2n) is 14.0. The van der Waals surface area contributed by atoms with Gasteiger partial charge in [-0.15, -0.1) is 13.2 Å². The minimum absolute atomic E-state index is 0.0186. The minimum Gasteiger partial charge on any atom is -0.494 e. The lowest BCUT2D eigenvalue weighted by atomic mass is 9.94. The molecule has 3 fully saturated rings. The van der Waals surface area contributed by atoms with Crippen molar-refractivity contribution in [2.24, 2.45) is 24.6 Å². The van der Waals surface area contributed by atoms with Gasteiger partial charge in [0.15, 0.2) is 5.82 Å². The predicted octanol–water partition coefficient (Wildman–Crippen LogP) is 5.12. The number of rotatable bonds is 8. The highest BCUT2D eigenvalue weighted by Crippen LogP contribution is 2.40. The van der Waals surface area contributed by atoms with Crippen molar-refractivity contribution in [1.29, 1.82) is 0 Å². The highest BCUT2D eigenvalue weighted by Gasteiger charge is 2.41. The number of aromatic nitrogens is 6. The third-order valence-corrected chi connectivity index (χ3v) is 10.6. The maximum Gasteiger partial charge on any atom is 0.504 e. The van der Waals surface area contributed by atoms with Gasteiger partial charge in [0.2, 0.25) is 0 Å². The van der Waals surface area contributed by atoms with Crippen LogP contribution >= 0.6 is 0 Å². The maximum atomic E-state index is 13.9. The number of nitrogens with zero attached hydrogens (tertiary/aromatic N) is 7. The number of pyridine rings is 1. The van der Waals surface area contributed by atoms with Crippen molar-refractivity contribution in [3.05, 3.63) is 59.5 Å². The molecule has 3 aliphatic rings. The molecule has 1 aromatic carbocycles. The largest absolute Gasteiger partial charge is 0.504 e. The Bertz CT molecular complexity index is 2150. The summed E-state index contributed by atoms with van der Waals surface area (Å²) >= 11 is 0. The van der Waals surface area contributed by atoms with Gasteiger partial charge >= 0.3 is 6.30 Å². The van der Waals surface area contributed by atoms with Gasteiger partial charge in [0, 0.05) is 49.4 Å². The molecule has 1 saturated heterocycles. The molecule has 0 unspecified atom stereocenters. The van der Waals surface area contributed by atoms with Crippen LogP contribution in [0.5, 0.6) is 5.75 Å². The molecule has 12 nitrogen and oxygen atoms in total. The van der Waals surface area contributed by atoms with Crippen LogP contribution in [0.25, 0.3) is 33.6 Å². The third kappa shape index (κ3) is 5.56. The number of nitrogens with one attached hydrogen (secondary N) is 1. The van der Waals surface area contributed by atoms with Crippen LogP contribution in [0.15, 0.2) is 42.7 Å². The lowest BCUT2D eigenvalue weighted by Gasteiger charge is -2.37. The highest BCUT2D eigenvalue weighted by molar-refractivity contribution is 6.00. The van der Waals surface area contributed by atoms with E-state index in [1.165, 1.54) is 0 Å². The van der Waals surface area contributed by atoms with Crippen molar-refractivity contribution in [3.63, 3.8) is 0 Å². The third-order valence-electron chi connectivity index (χ3n) is 10.6. The lowest BCUT2D eigenvalue weighted by molar-refractivity contribution is -0.212. The normalized spacial score (nSPS) is 21.3. The van der Waals surface area contributed by atoms with E-state index in [0.29, 0.717) is 65.1 Å². The number of halogens is 3. The summed E-state index contributed by atoms with van der Waals surface area (Å²) in [6.07, 6.45) is 1.99. The average molecular weight is 690 g/mol. The van der Waals surface area contributed by atoms with Gasteiger partial charge in [-0.25, -0.2) is 9.97 Å². The van der Waals surface area contributed by atoms with Crippen LogP contribution in [0.4, 0.5) is 13.2 Å². The smallest absolute Gasteiger partial charge is 0.494 e. The number of fused-ring (bicyclic) bond motifs is 4. The summed E-state index contributed by atoms with van der Waals surface area (Å²) in [5, 5.41) is 6.88. The van der Waals surface area contributed by atoms with E-state index in [4.69, 9.17) is 20.4 Å². The topological polar surface area (TPSA) is 138 Å². The monoisotopic (exact) mass is 689 g/mol. The Labute approximate surface area is 285 Å². The fourth-order valence-electron chi connectivity index (χ4n) is 7.67. The molecule has 2 aliphatic carbocycles. The lowest BCUT2D eigenvalue weighted by Crippen LogP contribution is -2.51. The first-order chi connectivity index (χ1) is 23.9. The highest BCUT2D eigenvalue weighted by atomic mass is 19.4. The summed E-state index contributed by atoms with van der Waals surface area (Å²) in [6.45, 7) is 2.99. The molecular weight excluding hydrogens is 651 g/mol. The molecule has 3 N–H and O–H groups in total. The number of hydrogen-bond donors (Lipinski definition) is 2. The maximum absolute atomic E-state index is 13.9. The molecule has 5 aromatic rings. The van der Waals surface area contributed by atoms with Crippen molar-refractivity contribution in [3.8, 4) is 17.3 Å². The number of aryl methyl sites for hydroxylation is 1. The van der Waals surface area contributed by atoms with Crippen LogP contribution in [0.1, 0.15) is 71.5 Å². The Balaban J connectivity index is 1.14. The quantitative estimate of drug-likeness (QED) is 0.231. The van der Waals surface area contributed by atoms with Gasteiger partial charge in [-0.3, -0.25) is 9.59 Å². The summed E-state index contributed by atoms with van der Waals surface area (Å²) in [4.78, 5) is 38.6. The van der Waals surface area contributed by atoms with E-state index in [9.17, 15) is 22.8 Å². The molecule has 2 saturated carbocycles. The van der Waals surface area contributed by atoms with Gasteiger partial charge in [0.05, 0.1) is 41.8 Å². The molecule has 50 heavy (non-hydrogen) atoms. The van der Waals surface area contributed by atoms with E-state index in [0.717, 1.165) is 54.9 Å². The van der Waals surface area contributed by atoms with E-state index in [1.54, 1.807) is 26.2 Å². The Morgan fingerprint density at radius 2 is 1.90 bits per heavy atom. The SMILES string of the molecule is COc1cc(C(=O)N2C[C@H](N)[C@@H]3CC[C@H]2C3)cc2nc(-c3cc4ccc([C@@H](C)NC(=O)c5cnn(C(F)(F)F)c5)nc4n3CC3CC3)n(C)c12. The number of piperidine rings is 1. The first-order valence-electron chi connectivity index (χ1n) is 16.9. The number of methoxy groups -OCH3 is 1. The van der Waals surface area contributed by atoms with Gasteiger partial charge in [-0.1, -0.05) is 0 Å². The zero-order valence-corrected chi connectivity index (χ0v) is 27.9. The molecule has 262 valence electrons. The number of imidazole rings is 1. The summed E-state index contributed by atoms with van der Waals surface area (Å²) < 4.78 is 48.8. The van der Waals surface area contributed by atoms with Crippen molar-refractivity contribution >= 4 is 33.9 Å². The molecule has 1 aliphatic heterocycles. The first kappa shape index (κ1) is 32.3. The van der Waals surface area contributed by atoms with Crippen molar-refractivity contribution in [1.82, 2.24) is 39.1 Å². The molecule has 8 rings (SSSR count). The summed E-state index contributed by atoms with van der Waals surface area (Å²) in [6, 6.07) is 8.97. The van der Waals surface area contributed by atoms with Crippen LogP contribution < -0.4 is 15.8 Å². The van der Waals surface area contributed by atoms with Gasteiger partial charge in [0.1, 0.15) is 16.9 Å². The number of amides is 2. The molecule has 5 heterocycles. The molecule has 15 heteroatoms. The van der Waals surface area contributed by atoms with E-state index in [1.807, 2.05) is 34.7 Å².